The molecular formula is C30H33F3N8O3S2. The third-order valence-corrected chi connectivity index (χ3v) is 12.7. The van der Waals surface area contributed by atoms with Crippen molar-refractivity contribution in [1.29, 1.82) is 0 Å². The van der Waals surface area contributed by atoms with Crippen LogP contribution in [0.3, 0.4) is 0 Å². The number of benzene rings is 1. The van der Waals surface area contributed by atoms with Crippen molar-refractivity contribution >= 4 is 55.0 Å². The zero-order valence-corrected chi connectivity index (χ0v) is 26.5. The number of thiazole rings is 1. The molecule has 8 heterocycles. The summed E-state index contributed by atoms with van der Waals surface area (Å²) in [5, 5.41) is 3.74. The van der Waals surface area contributed by atoms with E-state index in [1.807, 2.05) is 0 Å². The quantitative estimate of drug-likeness (QED) is 0.403. The highest BCUT2D eigenvalue weighted by atomic mass is 32.2. The zero-order valence-electron chi connectivity index (χ0n) is 24.9. The molecule has 3 aromatic rings. The molecule has 0 radical (unpaired) electrons. The lowest BCUT2D eigenvalue weighted by molar-refractivity contribution is -0.0220. The van der Waals surface area contributed by atoms with Gasteiger partial charge in [0.15, 0.2) is 27.8 Å². The fourth-order valence-corrected chi connectivity index (χ4v) is 10.4. The number of piperazine rings is 1. The van der Waals surface area contributed by atoms with Gasteiger partial charge in [-0.05, 0) is 44.4 Å². The Morgan fingerprint density at radius 2 is 1.96 bits per heavy atom. The van der Waals surface area contributed by atoms with Gasteiger partial charge in [0.1, 0.15) is 29.2 Å². The van der Waals surface area contributed by atoms with Crippen LogP contribution in [-0.2, 0) is 15.7 Å². The van der Waals surface area contributed by atoms with Crippen molar-refractivity contribution in [3.63, 3.8) is 0 Å². The first kappa shape index (κ1) is 29.1. The number of nitrogens with two attached hydrogens (primary N) is 1. The molecule has 3 unspecified atom stereocenters. The lowest BCUT2D eigenvalue weighted by Crippen LogP contribution is -2.53. The Kier molecular flexibility index (Phi) is 6.79. The molecule has 11 nitrogen and oxygen atoms in total. The number of nitrogen functional groups attached to an aromatic ring is 1. The van der Waals surface area contributed by atoms with Gasteiger partial charge in [-0.1, -0.05) is 11.3 Å². The third kappa shape index (κ3) is 4.47. The number of ether oxygens (including phenoxy) is 2. The van der Waals surface area contributed by atoms with Gasteiger partial charge in [0.2, 0.25) is 0 Å². The maximum atomic E-state index is 17.3. The van der Waals surface area contributed by atoms with E-state index in [4.69, 9.17) is 20.2 Å². The molecule has 0 spiro atoms. The van der Waals surface area contributed by atoms with Crippen LogP contribution in [0.25, 0.3) is 21.7 Å². The van der Waals surface area contributed by atoms with Crippen LogP contribution in [0, 0.1) is 5.82 Å². The standard InChI is InChI=1S/C30H33F3N8O3S2/c31-15-8-30(6-1-7-40(30)9-15)14-44-29-37-23-21(33)24(19-4-5-20(32)25-22(19)36-28(34)45-25)41(18-12-43-13-18)46(42)26(23)27(38-29)39-10-16-2-3-17(11-39)35-16/h4-5,15-18,35H,1-3,6-14H2,(H2,34,36)/t15-,16?,17?,30+,46?/m1/s1. The normalized spacial score (nSPS) is 31.1. The Morgan fingerprint density at radius 3 is 2.72 bits per heavy atom. The number of halogens is 3. The first-order chi connectivity index (χ1) is 22.3. The lowest BCUT2D eigenvalue weighted by atomic mass is 9.95. The number of alkyl halides is 1. The van der Waals surface area contributed by atoms with Crippen molar-refractivity contribution in [1.82, 2.24) is 29.5 Å². The van der Waals surface area contributed by atoms with Crippen LogP contribution in [0.1, 0.15) is 43.4 Å². The van der Waals surface area contributed by atoms with E-state index < -0.39 is 40.4 Å². The smallest absolute Gasteiger partial charge is 0.319 e. The lowest BCUT2D eigenvalue weighted by Gasteiger charge is -2.42. The number of rotatable bonds is 6. The molecule has 16 heteroatoms. The van der Waals surface area contributed by atoms with E-state index in [1.54, 1.807) is 0 Å². The molecule has 0 amide bonds. The van der Waals surface area contributed by atoms with E-state index in [0.717, 1.165) is 43.6 Å². The highest BCUT2D eigenvalue weighted by Crippen LogP contribution is 2.48. The minimum Gasteiger partial charge on any atom is -0.461 e. The number of aromatic nitrogens is 3. The molecule has 1 aromatic carbocycles. The molecule has 3 N–H and O–H groups in total. The Balaban J connectivity index is 1.21. The molecule has 5 atom stereocenters. The van der Waals surface area contributed by atoms with Crippen LogP contribution in [0.5, 0.6) is 6.01 Å². The van der Waals surface area contributed by atoms with Crippen molar-refractivity contribution in [2.45, 2.75) is 66.8 Å². The molecular weight excluding hydrogens is 642 g/mol. The van der Waals surface area contributed by atoms with E-state index in [1.165, 1.54) is 16.4 Å². The van der Waals surface area contributed by atoms with Crippen molar-refractivity contribution in [3.05, 3.63) is 29.2 Å². The minimum absolute atomic E-state index is 0.0120. The summed E-state index contributed by atoms with van der Waals surface area (Å²) in [6, 6.07) is 2.69. The SMILES string of the molecule is Nc1nc2c(C3=C(F)c4nc(OC[C@@]56CCCN5C[C@H](F)C6)nc(N5CC6CCC(C5)N6)c4S(=O)N3C3COC3)ccc(F)c2s1. The van der Waals surface area contributed by atoms with Crippen molar-refractivity contribution in [3.8, 4) is 6.01 Å². The summed E-state index contributed by atoms with van der Waals surface area (Å²) in [4.78, 5) is 18.1. The van der Waals surface area contributed by atoms with Gasteiger partial charge in [-0.25, -0.2) is 22.4 Å². The summed E-state index contributed by atoms with van der Waals surface area (Å²) in [5.41, 5.74) is 5.81. The summed E-state index contributed by atoms with van der Waals surface area (Å²) in [7, 11) is -1.96. The Hall–Kier alpha value is -3.05. The first-order valence-corrected chi connectivity index (χ1v) is 17.7. The third-order valence-electron chi connectivity index (χ3n) is 10.3. The molecule has 5 saturated heterocycles. The van der Waals surface area contributed by atoms with Gasteiger partial charge in [0.05, 0.1) is 40.7 Å². The molecule has 6 aliphatic heterocycles. The van der Waals surface area contributed by atoms with E-state index in [9.17, 15) is 13.0 Å². The summed E-state index contributed by atoms with van der Waals surface area (Å²) < 4.78 is 74.8. The summed E-state index contributed by atoms with van der Waals surface area (Å²) >= 11 is 0.968. The van der Waals surface area contributed by atoms with Gasteiger partial charge in [-0.2, -0.15) is 9.97 Å². The van der Waals surface area contributed by atoms with E-state index >= 15 is 4.39 Å². The van der Waals surface area contributed by atoms with Crippen LogP contribution in [0.2, 0.25) is 0 Å². The summed E-state index contributed by atoms with van der Waals surface area (Å²) in [6.07, 6.45) is 3.19. The molecule has 46 heavy (non-hydrogen) atoms. The van der Waals surface area contributed by atoms with Crippen LogP contribution in [-0.4, -0.2) is 104 Å². The fourth-order valence-electron chi connectivity index (χ4n) is 8.11. The number of nitrogens with one attached hydrogen (secondary N) is 1. The number of nitrogens with zero attached hydrogens (tertiary/aromatic N) is 6. The highest BCUT2D eigenvalue weighted by Gasteiger charge is 2.50. The molecule has 9 rings (SSSR count). The minimum atomic E-state index is -1.96. The van der Waals surface area contributed by atoms with Crippen LogP contribution >= 0.6 is 11.3 Å². The van der Waals surface area contributed by atoms with E-state index in [0.29, 0.717) is 31.9 Å². The zero-order chi connectivity index (χ0) is 31.3. The summed E-state index contributed by atoms with van der Waals surface area (Å²) in [6.45, 7) is 3.05. The van der Waals surface area contributed by atoms with Crippen molar-refractivity contribution in [2.75, 3.05) is 56.6 Å². The molecule has 2 bridgehead atoms. The summed E-state index contributed by atoms with van der Waals surface area (Å²) in [5.74, 6) is -0.895. The Labute approximate surface area is 269 Å². The number of hydrogen-bond donors (Lipinski definition) is 2. The maximum absolute atomic E-state index is 17.3. The second kappa shape index (κ2) is 10.7. The molecule has 244 valence electrons. The topological polar surface area (TPSA) is 122 Å². The van der Waals surface area contributed by atoms with Crippen LogP contribution in [0.4, 0.5) is 24.1 Å². The van der Waals surface area contributed by atoms with E-state index in [2.05, 4.69) is 25.1 Å². The second-order valence-electron chi connectivity index (χ2n) is 13.2. The van der Waals surface area contributed by atoms with Gasteiger partial charge < -0.3 is 25.4 Å². The molecule has 6 aliphatic rings. The number of anilines is 2. The molecule has 0 aliphatic carbocycles. The van der Waals surface area contributed by atoms with Gasteiger partial charge in [0.25, 0.3) is 0 Å². The molecule has 5 fully saturated rings. The fraction of sp³-hybridized carbons (Fsp3) is 0.567. The maximum Gasteiger partial charge on any atom is 0.319 e. The highest BCUT2D eigenvalue weighted by molar-refractivity contribution is 7.83. The largest absolute Gasteiger partial charge is 0.461 e. The average molecular weight is 675 g/mol. The number of hydrogen-bond acceptors (Lipinski definition) is 11. The van der Waals surface area contributed by atoms with Gasteiger partial charge in [0, 0.05) is 43.7 Å². The Bertz CT molecular complexity index is 1790. The van der Waals surface area contributed by atoms with Crippen molar-refractivity contribution in [2.24, 2.45) is 0 Å². The van der Waals surface area contributed by atoms with Gasteiger partial charge >= 0.3 is 6.01 Å². The van der Waals surface area contributed by atoms with Gasteiger partial charge in [-0.15, -0.1) is 0 Å². The first-order valence-electron chi connectivity index (χ1n) is 15.8. The van der Waals surface area contributed by atoms with Crippen LogP contribution in [0.15, 0.2) is 17.0 Å². The monoisotopic (exact) mass is 674 g/mol. The Morgan fingerprint density at radius 1 is 1.15 bits per heavy atom. The predicted molar refractivity (Wildman–Crippen MR) is 168 cm³/mol. The average Bonchev–Trinajstić information content (AvgIpc) is 3.76. The second-order valence-corrected chi connectivity index (χ2v) is 15.5. The molecule has 2 aromatic heterocycles. The van der Waals surface area contributed by atoms with E-state index in [-0.39, 0.29) is 75.1 Å². The number of fused-ring (bicyclic) bond motifs is 5. The van der Waals surface area contributed by atoms with Gasteiger partial charge in [-0.3, -0.25) is 9.21 Å². The molecule has 0 saturated carbocycles. The predicted octanol–water partition coefficient (Wildman–Crippen LogP) is 3.24. The van der Waals surface area contributed by atoms with Crippen molar-refractivity contribution < 1.29 is 26.9 Å². The van der Waals surface area contributed by atoms with Crippen LogP contribution < -0.4 is 20.7 Å².